The molecule has 0 radical (unpaired) electrons. The van der Waals surface area contributed by atoms with Crippen LogP contribution >= 0.6 is 12.2 Å². The van der Waals surface area contributed by atoms with Gasteiger partial charge >= 0.3 is 0 Å². The molecule has 5 heteroatoms. The summed E-state index contributed by atoms with van der Waals surface area (Å²) < 4.78 is 21.8. The van der Waals surface area contributed by atoms with E-state index in [2.05, 4.69) is 22.4 Å². The van der Waals surface area contributed by atoms with E-state index >= 15 is 0 Å². The predicted molar refractivity (Wildman–Crippen MR) is 46.7 cm³/mol. The Morgan fingerprint density at radius 1 is 1.64 bits per heavy atom. The molecule has 1 atom stereocenters. The summed E-state index contributed by atoms with van der Waals surface area (Å²) >= 11 is 4.38. The van der Waals surface area contributed by atoms with E-state index in [1.165, 1.54) is 0 Å². The molecule has 62 valence electrons. The van der Waals surface area contributed by atoms with Gasteiger partial charge < -0.3 is 0 Å². The van der Waals surface area contributed by atoms with Crippen LogP contribution in [0, 0.1) is 5.92 Å². The summed E-state index contributed by atoms with van der Waals surface area (Å²) in [4.78, 5) is 3.72. The molecular weight excluding hydrogens is 182 g/mol. The van der Waals surface area contributed by atoms with Crippen LogP contribution in [-0.4, -0.2) is 31.6 Å². The van der Waals surface area contributed by atoms with E-state index in [9.17, 15) is 8.42 Å². The van der Waals surface area contributed by atoms with Crippen molar-refractivity contribution < 1.29 is 8.42 Å². The van der Waals surface area contributed by atoms with Crippen LogP contribution in [0.15, 0.2) is 4.99 Å². The Morgan fingerprint density at radius 3 is 2.82 bits per heavy atom. The Hall–Kier alpha value is -0.250. The minimum absolute atomic E-state index is 0.176. The molecule has 0 amide bonds. The summed E-state index contributed by atoms with van der Waals surface area (Å²) in [5.41, 5.74) is 0. The predicted octanol–water partition coefficient (Wildman–Crippen LogP) is 0.524. The summed E-state index contributed by atoms with van der Waals surface area (Å²) in [6.45, 7) is 0.517. The maximum atomic E-state index is 10.9. The van der Waals surface area contributed by atoms with Gasteiger partial charge in [-0.25, -0.2) is 13.4 Å². The third kappa shape index (κ3) is 2.69. The zero-order valence-corrected chi connectivity index (χ0v) is 7.62. The molecule has 3 nitrogen and oxygen atoms in total. The molecule has 0 saturated carbocycles. The lowest BCUT2D eigenvalue weighted by atomic mass is 10.1. The molecule has 0 aliphatic carbocycles. The summed E-state index contributed by atoms with van der Waals surface area (Å²) in [5.74, 6) is 0.758. The van der Waals surface area contributed by atoms with Gasteiger partial charge in [-0.1, -0.05) is 0 Å². The van der Waals surface area contributed by atoms with Gasteiger partial charge in [-0.05, 0) is 24.6 Å². The van der Waals surface area contributed by atoms with E-state index in [0.29, 0.717) is 12.3 Å². The molecule has 0 N–H and O–H groups in total. The Balaban J connectivity index is 2.49. The number of rotatable bonds is 2. The number of hydrogen-bond donors (Lipinski definition) is 0. The van der Waals surface area contributed by atoms with E-state index in [0.717, 1.165) is 6.42 Å². The molecule has 1 aliphatic heterocycles. The minimum Gasteiger partial charge on any atom is -0.232 e. The van der Waals surface area contributed by atoms with Crippen molar-refractivity contribution in [3.63, 3.8) is 0 Å². The van der Waals surface area contributed by atoms with E-state index in [4.69, 9.17) is 0 Å². The number of isothiocyanates is 1. The highest BCUT2D eigenvalue weighted by molar-refractivity contribution is 7.91. The molecule has 0 aromatic rings. The first-order valence-corrected chi connectivity index (χ1v) is 5.61. The molecule has 0 bridgehead atoms. The second kappa shape index (κ2) is 3.43. The van der Waals surface area contributed by atoms with Gasteiger partial charge in [0.25, 0.3) is 0 Å². The molecular formula is C6H9NO2S2. The topological polar surface area (TPSA) is 46.5 Å². The standard InChI is InChI=1S/C6H9NO2S2/c8-11(9)2-1-6(4-11)3-7-5-10/h6H,1-4H2. The smallest absolute Gasteiger partial charge is 0.150 e. The van der Waals surface area contributed by atoms with Crippen LogP contribution in [0.2, 0.25) is 0 Å². The first kappa shape index (κ1) is 8.84. The Bertz CT molecular complexity index is 277. The van der Waals surface area contributed by atoms with Crippen LogP contribution in [-0.2, 0) is 9.84 Å². The van der Waals surface area contributed by atoms with Crippen LogP contribution in [0.3, 0.4) is 0 Å². The summed E-state index contributed by atoms with van der Waals surface area (Å²) in [6, 6.07) is 0. The first-order valence-electron chi connectivity index (χ1n) is 3.38. The highest BCUT2D eigenvalue weighted by Crippen LogP contribution is 2.17. The first-order chi connectivity index (χ1) is 5.14. The summed E-state index contributed by atoms with van der Waals surface area (Å²) in [6.07, 6.45) is 0.725. The van der Waals surface area contributed by atoms with Crippen LogP contribution in [0.1, 0.15) is 6.42 Å². The monoisotopic (exact) mass is 191 g/mol. The van der Waals surface area contributed by atoms with E-state index < -0.39 is 9.84 Å². The van der Waals surface area contributed by atoms with Crippen molar-refractivity contribution in [3.8, 4) is 0 Å². The second-order valence-corrected chi connectivity index (χ2v) is 5.11. The zero-order valence-electron chi connectivity index (χ0n) is 5.99. The van der Waals surface area contributed by atoms with Crippen molar-refractivity contribution in [3.05, 3.63) is 0 Å². The van der Waals surface area contributed by atoms with Gasteiger partial charge in [-0.15, -0.1) is 0 Å². The van der Waals surface area contributed by atoms with Crippen molar-refractivity contribution in [1.82, 2.24) is 0 Å². The number of thiocarbonyl (C=S) groups is 1. The third-order valence-corrected chi connectivity index (χ3v) is 3.71. The van der Waals surface area contributed by atoms with Gasteiger partial charge in [0.15, 0.2) is 9.84 Å². The van der Waals surface area contributed by atoms with Crippen LogP contribution < -0.4 is 0 Å². The van der Waals surface area contributed by atoms with Gasteiger partial charge in [-0.3, -0.25) is 0 Å². The fourth-order valence-corrected chi connectivity index (χ4v) is 3.11. The van der Waals surface area contributed by atoms with Gasteiger partial charge in [0.05, 0.1) is 23.2 Å². The molecule has 1 heterocycles. The lowest BCUT2D eigenvalue weighted by Gasteiger charge is -1.98. The fraction of sp³-hybridized carbons (Fsp3) is 0.833. The summed E-state index contributed by atoms with van der Waals surface area (Å²) in [7, 11) is -2.75. The number of hydrogen-bond acceptors (Lipinski definition) is 4. The molecule has 11 heavy (non-hydrogen) atoms. The molecule has 1 saturated heterocycles. The third-order valence-electron chi connectivity index (χ3n) is 1.74. The molecule has 1 unspecified atom stereocenters. The van der Waals surface area contributed by atoms with Crippen molar-refractivity contribution in [2.45, 2.75) is 6.42 Å². The van der Waals surface area contributed by atoms with Crippen LogP contribution in [0.4, 0.5) is 0 Å². The van der Waals surface area contributed by atoms with Gasteiger partial charge in [-0.2, -0.15) is 0 Å². The Labute approximate surface area is 71.4 Å². The van der Waals surface area contributed by atoms with E-state index in [1.807, 2.05) is 0 Å². The Kier molecular flexibility index (Phi) is 2.76. The molecule has 1 aliphatic rings. The molecule has 0 aromatic heterocycles. The highest BCUT2D eigenvalue weighted by atomic mass is 32.2. The van der Waals surface area contributed by atoms with Gasteiger partial charge in [0, 0.05) is 0 Å². The number of aliphatic imine (C=N–C) groups is 1. The lowest BCUT2D eigenvalue weighted by molar-refractivity contribution is 0.592. The lowest BCUT2D eigenvalue weighted by Crippen LogP contribution is -2.07. The maximum Gasteiger partial charge on any atom is 0.150 e. The molecule has 0 aromatic carbocycles. The highest BCUT2D eigenvalue weighted by Gasteiger charge is 2.27. The van der Waals surface area contributed by atoms with E-state index in [-0.39, 0.29) is 11.7 Å². The van der Waals surface area contributed by atoms with Gasteiger partial charge in [0.1, 0.15) is 0 Å². The van der Waals surface area contributed by atoms with Crippen molar-refractivity contribution in [2.24, 2.45) is 10.9 Å². The molecule has 1 rings (SSSR count). The van der Waals surface area contributed by atoms with Crippen molar-refractivity contribution in [1.29, 1.82) is 0 Å². The normalized spacial score (nSPS) is 27.8. The average Bonchev–Trinajstić information content (AvgIpc) is 2.26. The molecule has 1 fully saturated rings. The largest absolute Gasteiger partial charge is 0.232 e. The quantitative estimate of drug-likeness (QED) is 0.472. The van der Waals surface area contributed by atoms with E-state index in [1.54, 1.807) is 0 Å². The van der Waals surface area contributed by atoms with Gasteiger partial charge in [0.2, 0.25) is 0 Å². The SMILES string of the molecule is O=S1(=O)CCC(CN=C=S)C1. The fourth-order valence-electron chi connectivity index (χ4n) is 1.18. The summed E-state index contributed by atoms with van der Waals surface area (Å²) in [5, 5.41) is 2.24. The zero-order chi connectivity index (χ0) is 8.32. The number of sulfone groups is 1. The Morgan fingerprint density at radius 2 is 2.36 bits per heavy atom. The number of nitrogens with zero attached hydrogens (tertiary/aromatic N) is 1. The minimum atomic E-state index is -2.75. The average molecular weight is 191 g/mol. The maximum absolute atomic E-state index is 10.9. The van der Waals surface area contributed by atoms with Crippen molar-refractivity contribution >= 4 is 27.2 Å². The molecule has 0 spiro atoms. The second-order valence-electron chi connectivity index (χ2n) is 2.70. The van der Waals surface area contributed by atoms with Crippen molar-refractivity contribution in [2.75, 3.05) is 18.1 Å². The van der Waals surface area contributed by atoms with Crippen LogP contribution in [0.5, 0.6) is 0 Å². The van der Waals surface area contributed by atoms with Crippen LogP contribution in [0.25, 0.3) is 0 Å².